The van der Waals surface area contributed by atoms with Crippen molar-refractivity contribution in [3.8, 4) is 0 Å². The average molecular weight is 543 g/mol. The summed E-state index contributed by atoms with van der Waals surface area (Å²) in [4.78, 5) is 53.2. The molecule has 200 valence electrons. The number of aromatic nitrogens is 2. The Kier molecular flexibility index (Phi) is 6.97. The highest BCUT2D eigenvalue weighted by Crippen LogP contribution is 2.41. The number of nitrogens with one attached hydrogen (secondary N) is 1. The SMILES string of the molecule is CCOC(=O)C1=C(CN2CCC3(F)C(=O)N(c4cnc(C(=O)O)c(C)c4)CC3C2)NC(c2nccs2)=NC1. The minimum absolute atomic E-state index is 0.00205. The van der Waals surface area contributed by atoms with Crippen molar-refractivity contribution in [2.75, 3.05) is 44.2 Å². The first-order chi connectivity index (χ1) is 18.2. The van der Waals surface area contributed by atoms with Crippen molar-refractivity contribution in [1.82, 2.24) is 20.2 Å². The van der Waals surface area contributed by atoms with Gasteiger partial charge in [0.05, 0.1) is 30.6 Å². The van der Waals surface area contributed by atoms with Crippen LogP contribution in [0.5, 0.6) is 0 Å². The molecule has 2 fully saturated rings. The third-order valence-corrected chi connectivity index (χ3v) is 7.85. The minimum atomic E-state index is -2.03. The summed E-state index contributed by atoms with van der Waals surface area (Å²) < 4.78 is 21.3. The quantitative estimate of drug-likeness (QED) is 0.502. The first-order valence-corrected chi connectivity index (χ1v) is 13.1. The number of hydrogen-bond acceptors (Lipinski definition) is 10. The maximum atomic E-state index is 16.0. The normalized spacial score (nSPS) is 23.7. The molecule has 0 saturated carbocycles. The van der Waals surface area contributed by atoms with Crippen molar-refractivity contribution in [2.24, 2.45) is 10.9 Å². The van der Waals surface area contributed by atoms with Gasteiger partial charge < -0.3 is 20.1 Å². The summed E-state index contributed by atoms with van der Waals surface area (Å²) in [7, 11) is 0. The van der Waals surface area contributed by atoms with Crippen LogP contribution in [0.15, 0.2) is 40.1 Å². The Hall–Kier alpha value is -3.71. The molecule has 0 aliphatic carbocycles. The predicted molar refractivity (Wildman–Crippen MR) is 137 cm³/mol. The maximum Gasteiger partial charge on any atom is 0.354 e. The van der Waals surface area contributed by atoms with Crippen molar-refractivity contribution in [3.05, 3.63) is 51.4 Å². The van der Waals surface area contributed by atoms with E-state index in [1.807, 2.05) is 10.3 Å². The van der Waals surface area contributed by atoms with Crippen LogP contribution in [0.2, 0.25) is 0 Å². The lowest BCUT2D eigenvalue weighted by molar-refractivity contribution is -0.138. The molecule has 38 heavy (non-hydrogen) atoms. The smallest absolute Gasteiger partial charge is 0.354 e. The van der Waals surface area contributed by atoms with Crippen molar-refractivity contribution >= 4 is 40.7 Å². The number of carbonyl (C=O) groups excluding carboxylic acids is 2. The molecule has 2 N–H and O–H groups in total. The Morgan fingerprint density at radius 2 is 2.16 bits per heavy atom. The van der Waals surface area contributed by atoms with Gasteiger partial charge in [0.2, 0.25) is 0 Å². The number of amides is 1. The standard InChI is InChI=1S/C25H27FN6O5S/c1-3-37-23(35)17-10-29-20(21-27-5-7-38-21)30-18(17)13-31-6-4-25(26)15(11-31)12-32(24(25)36)16-8-14(2)19(22(33)34)28-9-16/h5,7-9,15H,3-4,6,10-13H2,1-2H3,(H,29,30)(H,33,34). The Labute approximate surface area is 222 Å². The number of nitrogens with zero attached hydrogens (tertiary/aromatic N) is 5. The van der Waals surface area contributed by atoms with Crippen LogP contribution >= 0.6 is 11.3 Å². The molecule has 2 atom stereocenters. The number of pyridine rings is 1. The molecule has 13 heteroatoms. The maximum absolute atomic E-state index is 16.0. The second-order valence-electron chi connectivity index (χ2n) is 9.43. The molecule has 2 aromatic heterocycles. The van der Waals surface area contributed by atoms with Crippen LogP contribution in [0.1, 0.15) is 34.4 Å². The van der Waals surface area contributed by atoms with E-state index < -0.39 is 29.4 Å². The first-order valence-electron chi connectivity index (χ1n) is 12.2. The van der Waals surface area contributed by atoms with Crippen LogP contribution in [0.3, 0.4) is 0 Å². The van der Waals surface area contributed by atoms with Crippen molar-refractivity contribution < 1.29 is 28.6 Å². The van der Waals surface area contributed by atoms with Crippen molar-refractivity contribution in [3.63, 3.8) is 0 Å². The lowest BCUT2D eigenvalue weighted by Gasteiger charge is -2.37. The number of amidine groups is 1. The van der Waals surface area contributed by atoms with Gasteiger partial charge in [-0.1, -0.05) is 0 Å². The zero-order chi connectivity index (χ0) is 27.0. The molecule has 5 heterocycles. The second kappa shape index (κ2) is 10.2. The molecular weight excluding hydrogens is 515 g/mol. The average Bonchev–Trinajstić information content (AvgIpc) is 3.51. The van der Waals surface area contributed by atoms with Crippen LogP contribution in [-0.2, 0) is 14.3 Å². The van der Waals surface area contributed by atoms with E-state index in [2.05, 4.69) is 20.3 Å². The van der Waals surface area contributed by atoms with Gasteiger partial charge >= 0.3 is 11.9 Å². The fraction of sp³-hybridized carbons (Fsp3) is 0.440. The molecule has 1 amide bonds. The Morgan fingerprint density at radius 1 is 1.34 bits per heavy atom. The highest BCUT2D eigenvalue weighted by atomic mass is 32.1. The third-order valence-electron chi connectivity index (χ3n) is 7.07. The largest absolute Gasteiger partial charge is 0.477 e. The van der Waals surface area contributed by atoms with E-state index in [1.165, 1.54) is 22.4 Å². The summed E-state index contributed by atoms with van der Waals surface area (Å²) in [6.07, 6.45) is 2.98. The van der Waals surface area contributed by atoms with E-state index in [4.69, 9.17) is 4.74 Å². The molecule has 3 aliphatic heterocycles. The van der Waals surface area contributed by atoms with E-state index in [0.29, 0.717) is 53.0 Å². The number of carboxylic acid groups (broad SMARTS) is 1. The number of aromatic carboxylic acids is 1. The van der Waals surface area contributed by atoms with Gasteiger partial charge in [-0.25, -0.2) is 23.9 Å². The van der Waals surface area contributed by atoms with E-state index in [1.54, 1.807) is 26.1 Å². The Bertz CT molecular complexity index is 1350. The molecule has 3 aliphatic rings. The minimum Gasteiger partial charge on any atom is -0.477 e. The summed E-state index contributed by atoms with van der Waals surface area (Å²) in [6.45, 7) is 4.78. The number of halogens is 1. The zero-order valence-corrected chi connectivity index (χ0v) is 21.8. The van der Waals surface area contributed by atoms with E-state index in [-0.39, 0.29) is 31.8 Å². The molecule has 5 rings (SSSR count). The highest BCUT2D eigenvalue weighted by molar-refractivity contribution is 7.11. The fourth-order valence-electron chi connectivity index (χ4n) is 5.12. The molecule has 2 saturated heterocycles. The molecule has 0 bridgehead atoms. The van der Waals surface area contributed by atoms with Gasteiger partial charge in [0.1, 0.15) is 0 Å². The number of anilines is 1. The number of ether oxygens (including phenoxy) is 1. The fourth-order valence-corrected chi connectivity index (χ4v) is 5.72. The number of carbonyl (C=O) groups is 3. The first kappa shape index (κ1) is 25.9. The van der Waals surface area contributed by atoms with Gasteiger partial charge in [-0.3, -0.25) is 14.7 Å². The Balaban J connectivity index is 1.34. The van der Waals surface area contributed by atoms with E-state index in [9.17, 15) is 19.5 Å². The lowest BCUT2D eigenvalue weighted by Crippen LogP contribution is -2.52. The summed E-state index contributed by atoms with van der Waals surface area (Å²) >= 11 is 1.42. The van der Waals surface area contributed by atoms with Crippen molar-refractivity contribution in [1.29, 1.82) is 0 Å². The monoisotopic (exact) mass is 542 g/mol. The molecule has 0 aromatic carbocycles. The number of thiazole rings is 1. The summed E-state index contributed by atoms with van der Waals surface area (Å²) in [5.41, 5.74) is -0.325. The molecule has 0 spiro atoms. The number of hydrogen-bond donors (Lipinski definition) is 2. The lowest BCUT2D eigenvalue weighted by atomic mass is 9.85. The number of fused-ring (bicyclic) bond motifs is 1. The van der Waals surface area contributed by atoms with Gasteiger partial charge in [-0.2, -0.15) is 0 Å². The molecular formula is C25H27FN6O5S. The zero-order valence-electron chi connectivity index (χ0n) is 20.9. The summed E-state index contributed by atoms with van der Waals surface area (Å²) in [6, 6.07) is 1.55. The topological polar surface area (TPSA) is 137 Å². The van der Waals surface area contributed by atoms with Gasteiger partial charge in [0, 0.05) is 55.8 Å². The third kappa shape index (κ3) is 4.67. The second-order valence-corrected chi connectivity index (χ2v) is 10.3. The van der Waals surface area contributed by atoms with Crippen molar-refractivity contribution in [2.45, 2.75) is 25.9 Å². The molecule has 2 unspecified atom stereocenters. The van der Waals surface area contributed by atoms with Gasteiger partial charge in [0.25, 0.3) is 5.91 Å². The van der Waals surface area contributed by atoms with Crippen LogP contribution < -0.4 is 10.2 Å². The number of esters is 1. The predicted octanol–water partition coefficient (Wildman–Crippen LogP) is 1.79. The molecule has 2 aromatic rings. The van der Waals surface area contributed by atoms with Gasteiger partial charge in [-0.15, -0.1) is 11.3 Å². The van der Waals surface area contributed by atoms with Gasteiger partial charge in [0.15, 0.2) is 22.2 Å². The number of alkyl halides is 1. The van der Waals surface area contributed by atoms with Crippen LogP contribution in [0, 0.1) is 12.8 Å². The number of rotatable bonds is 7. The number of aliphatic imine (C=N–C) groups is 1. The summed E-state index contributed by atoms with van der Waals surface area (Å²) in [5.74, 6) is -2.29. The van der Waals surface area contributed by atoms with Crippen LogP contribution in [0.25, 0.3) is 0 Å². The van der Waals surface area contributed by atoms with E-state index in [0.717, 1.165) is 0 Å². The van der Waals surface area contributed by atoms with Crippen LogP contribution in [0.4, 0.5) is 10.1 Å². The van der Waals surface area contributed by atoms with E-state index >= 15 is 4.39 Å². The van der Waals surface area contributed by atoms with Gasteiger partial charge in [-0.05, 0) is 25.5 Å². The van der Waals surface area contributed by atoms with Crippen LogP contribution in [-0.4, -0.2) is 88.7 Å². The molecule has 11 nitrogen and oxygen atoms in total. The summed E-state index contributed by atoms with van der Waals surface area (Å²) in [5, 5.41) is 15.0. The number of carboxylic acids is 1. The Morgan fingerprint density at radius 3 is 2.84 bits per heavy atom. The number of likely N-dealkylation sites (tertiary alicyclic amines) is 1. The number of piperidine rings is 1. The number of aryl methyl sites for hydroxylation is 1. The molecule has 0 radical (unpaired) electrons. The highest BCUT2D eigenvalue weighted by Gasteiger charge is 2.57.